The van der Waals surface area contributed by atoms with Crippen molar-refractivity contribution in [1.82, 2.24) is 4.90 Å². The fraction of sp³-hybridized carbons (Fsp3) is 0.538. The highest BCUT2D eigenvalue weighted by Gasteiger charge is 2.30. The molecule has 1 saturated carbocycles. The van der Waals surface area contributed by atoms with Crippen LogP contribution in [0.4, 0.5) is 0 Å². The molecule has 1 fully saturated rings. The molecule has 3 nitrogen and oxygen atoms in total. The van der Waals surface area contributed by atoms with E-state index in [1.165, 1.54) is 12.8 Å². The van der Waals surface area contributed by atoms with Crippen LogP contribution in [-0.2, 0) is 6.54 Å². The van der Waals surface area contributed by atoms with Crippen molar-refractivity contribution in [1.29, 1.82) is 0 Å². The molecule has 1 unspecified atom stereocenters. The van der Waals surface area contributed by atoms with E-state index in [9.17, 15) is 0 Å². The molecule has 1 aliphatic carbocycles. The fourth-order valence-corrected chi connectivity index (χ4v) is 2.22. The predicted octanol–water partition coefficient (Wildman–Crippen LogP) is 0.597. The van der Waals surface area contributed by atoms with Crippen LogP contribution in [0.5, 0.6) is 0 Å². The average molecular weight is 233 g/mol. The monoisotopic (exact) mass is 233 g/mol. The highest BCUT2D eigenvalue weighted by atomic mass is 16.4. The van der Waals surface area contributed by atoms with Gasteiger partial charge in [-0.3, -0.25) is 4.90 Å². The Bertz CT molecular complexity index is 379. The molecule has 1 aromatic rings. The van der Waals surface area contributed by atoms with Crippen molar-refractivity contribution in [3.8, 4) is 0 Å². The summed E-state index contributed by atoms with van der Waals surface area (Å²) in [6.45, 7) is 3.13. The van der Waals surface area contributed by atoms with Crippen LogP contribution in [-0.4, -0.2) is 35.2 Å². The van der Waals surface area contributed by atoms with E-state index in [0.717, 1.165) is 18.0 Å². The van der Waals surface area contributed by atoms with Gasteiger partial charge in [0.1, 0.15) is 0 Å². The first kappa shape index (κ1) is 12.6. The van der Waals surface area contributed by atoms with Gasteiger partial charge in [0.05, 0.1) is 0 Å². The minimum atomic E-state index is -1.37. The first-order valence-electron chi connectivity index (χ1n) is 6.23. The number of benzene rings is 1. The lowest BCUT2D eigenvalue weighted by Crippen LogP contribution is -2.32. The second-order valence-electron chi connectivity index (χ2n) is 5.11. The maximum atomic E-state index is 9.13. The third-order valence-electron chi connectivity index (χ3n) is 3.68. The van der Waals surface area contributed by atoms with Gasteiger partial charge in [-0.05, 0) is 43.8 Å². The second-order valence-corrected chi connectivity index (χ2v) is 5.11. The van der Waals surface area contributed by atoms with Gasteiger partial charge >= 0.3 is 7.12 Å². The summed E-state index contributed by atoms with van der Waals surface area (Å²) in [4.78, 5) is 2.33. The number of hydrogen-bond acceptors (Lipinski definition) is 3. The van der Waals surface area contributed by atoms with Gasteiger partial charge < -0.3 is 10.0 Å². The Morgan fingerprint density at radius 1 is 1.41 bits per heavy atom. The Kier molecular flexibility index (Phi) is 3.87. The van der Waals surface area contributed by atoms with Gasteiger partial charge in [0.2, 0.25) is 0 Å². The standard InChI is InChI=1S/C13H20BNO2/c1-10(12-6-7-12)15(2)9-11-4-3-5-13(8-11)14(16)17/h3-5,8,10,12,16-17H,6-7,9H2,1-2H3. The van der Waals surface area contributed by atoms with Crippen molar-refractivity contribution in [2.45, 2.75) is 32.4 Å². The van der Waals surface area contributed by atoms with Crippen LogP contribution in [0.2, 0.25) is 0 Å². The highest BCUT2D eigenvalue weighted by Crippen LogP contribution is 2.34. The van der Waals surface area contributed by atoms with Crippen LogP contribution in [0.15, 0.2) is 24.3 Å². The fourth-order valence-electron chi connectivity index (χ4n) is 2.22. The van der Waals surface area contributed by atoms with Crippen LogP contribution in [0.25, 0.3) is 0 Å². The predicted molar refractivity (Wildman–Crippen MR) is 69.9 cm³/mol. The smallest absolute Gasteiger partial charge is 0.423 e. The SMILES string of the molecule is CC(C1CC1)N(C)Cc1cccc(B(O)O)c1. The van der Waals surface area contributed by atoms with Crippen LogP contribution in [0.3, 0.4) is 0 Å². The lowest BCUT2D eigenvalue weighted by atomic mass is 9.79. The number of nitrogens with zero attached hydrogens (tertiary/aromatic N) is 1. The largest absolute Gasteiger partial charge is 0.488 e. The first-order chi connectivity index (χ1) is 8.08. The van der Waals surface area contributed by atoms with Gasteiger partial charge in [-0.2, -0.15) is 0 Å². The maximum Gasteiger partial charge on any atom is 0.488 e. The normalized spacial score (nSPS) is 17.2. The summed E-state index contributed by atoms with van der Waals surface area (Å²) >= 11 is 0. The Labute approximate surface area is 103 Å². The molecule has 0 aliphatic heterocycles. The Balaban J connectivity index is 1.99. The summed E-state index contributed by atoms with van der Waals surface area (Å²) in [6.07, 6.45) is 2.70. The molecular formula is C13H20BNO2. The summed E-state index contributed by atoms with van der Waals surface area (Å²) in [6, 6.07) is 8.11. The second kappa shape index (κ2) is 5.21. The molecule has 1 aliphatic rings. The van der Waals surface area contributed by atoms with Gasteiger partial charge in [-0.15, -0.1) is 0 Å². The lowest BCUT2D eigenvalue weighted by molar-refractivity contribution is 0.226. The van der Waals surface area contributed by atoms with Crippen molar-refractivity contribution in [2.75, 3.05) is 7.05 Å². The third-order valence-corrected chi connectivity index (χ3v) is 3.68. The molecule has 2 rings (SSSR count). The molecule has 0 amide bonds. The Hall–Kier alpha value is -0.835. The molecule has 4 heteroatoms. The zero-order valence-electron chi connectivity index (χ0n) is 10.5. The van der Waals surface area contributed by atoms with Crippen molar-refractivity contribution >= 4 is 12.6 Å². The summed E-state index contributed by atoms with van der Waals surface area (Å²) in [5.41, 5.74) is 1.69. The molecule has 2 N–H and O–H groups in total. The van der Waals surface area contributed by atoms with E-state index in [0.29, 0.717) is 11.5 Å². The average Bonchev–Trinajstić information content (AvgIpc) is 3.12. The molecule has 1 aromatic carbocycles. The zero-order valence-corrected chi connectivity index (χ0v) is 10.5. The summed E-state index contributed by atoms with van der Waals surface area (Å²) < 4.78 is 0. The molecule has 0 radical (unpaired) electrons. The van der Waals surface area contributed by atoms with Crippen LogP contribution >= 0.6 is 0 Å². The van der Waals surface area contributed by atoms with Crippen LogP contribution in [0, 0.1) is 5.92 Å². The van der Waals surface area contributed by atoms with E-state index in [1.54, 1.807) is 6.07 Å². The molecule has 92 valence electrons. The van der Waals surface area contributed by atoms with E-state index in [-0.39, 0.29) is 0 Å². The zero-order chi connectivity index (χ0) is 12.4. The highest BCUT2D eigenvalue weighted by molar-refractivity contribution is 6.58. The molecule has 17 heavy (non-hydrogen) atoms. The topological polar surface area (TPSA) is 43.7 Å². The quantitative estimate of drug-likeness (QED) is 0.732. The molecule has 0 saturated heterocycles. The van der Waals surface area contributed by atoms with E-state index >= 15 is 0 Å². The Morgan fingerprint density at radius 2 is 2.12 bits per heavy atom. The van der Waals surface area contributed by atoms with Crippen molar-refractivity contribution < 1.29 is 10.0 Å². The molecule has 1 atom stereocenters. The Morgan fingerprint density at radius 3 is 2.71 bits per heavy atom. The van der Waals surface area contributed by atoms with Crippen LogP contribution < -0.4 is 5.46 Å². The minimum Gasteiger partial charge on any atom is -0.423 e. The molecule has 0 aromatic heterocycles. The molecular weight excluding hydrogens is 213 g/mol. The van der Waals surface area contributed by atoms with E-state index in [4.69, 9.17) is 10.0 Å². The minimum absolute atomic E-state index is 0.565. The molecule has 0 heterocycles. The third kappa shape index (κ3) is 3.31. The number of hydrogen-bond donors (Lipinski definition) is 2. The summed E-state index contributed by atoms with van der Waals surface area (Å²) in [7, 11) is 0.756. The lowest BCUT2D eigenvalue weighted by Gasteiger charge is -2.24. The van der Waals surface area contributed by atoms with Gasteiger partial charge in [0.25, 0.3) is 0 Å². The molecule has 0 spiro atoms. The van der Waals surface area contributed by atoms with Gasteiger partial charge in [-0.1, -0.05) is 24.3 Å². The first-order valence-corrected chi connectivity index (χ1v) is 6.23. The van der Waals surface area contributed by atoms with E-state index < -0.39 is 7.12 Å². The van der Waals surface area contributed by atoms with E-state index in [2.05, 4.69) is 18.9 Å². The number of rotatable bonds is 5. The van der Waals surface area contributed by atoms with E-state index in [1.807, 2.05) is 18.2 Å². The van der Waals surface area contributed by atoms with Crippen molar-refractivity contribution in [2.24, 2.45) is 5.92 Å². The van der Waals surface area contributed by atoms with Gasteiger partial charge in [0.15, 0.2) is 0 Å². The van der Waals surface area contributed by atoms with Crippen molar-refractivity contribution in [3.05, 3.63) is 29.8 Å². The molecule has 0 bridgehead atoms. The van der Waals surface area contributed by atoms with Crippen LogP contribution in [0.1, 0.15) is 25.3 Å². The summed E-state index contributed by atoms with van der Waals surface area (Å²) in [5.74, 6) is 0.853. The van der Waals surface area contributed by atoms with Gasteiger partial charge in [0, 0.05) is 12.6 Å². The van der Waals surface area contributed by atoms with Gasteiger partial charge in [-0.25, -0.2) is 0 Å². The van der Waals surface area contributed by atoms with Crippen molar-refractivity contribution in [3.63, 3.8) is 0 Å². The summed E-state index contributed by atoms with van der Waals surface area (Å²) in [5, 5.41) is 18.3. The maximum absolute atomic E-state index is 9.13.